The van der Waals surface area contributed by atoms with Crippen molar-refractivity contribution >= 4 is 21.6 Å². The molecule has 56 valence electrons. The van der Waals surface area contributed by atoms with E-state index < -0.39 is 10.0 Å². The van der Waals surface area contributed by atoms with Crippen LogP contribution < -0.4 is 0 Å². The summed E-state index contributed by atoms with van der Waals surface area (Å²) in [7, 11) is -0.0709. The predicted molar refractivity (Wildman–Crippen MR) is 38.2 cm³/mol. The molecule has 0 fully saturated rings. The number of hydrogen-bond acceptors (Lipinski definition) is 2. The smallest absolute Gasteiger partial charge is 0.212 e. The van der Waals surface area contributed by atoms with Gasteiger partial charge in [-0.1, -0.05) is 0 Å². The van der Waals surface area contributed by atoms with Crippen molar-refractivity contribution in [3.8, 4) is 0 Å². The van der Waals surface area contributed by atoms with Gasteiger partial charge in [-0.15, -0.1) is 11.6 Å². The zero-order valence-corrected chi connectivity index (χ0v) is 7.04. The molecule has 0 radical (unpaired) electrons. The summed E-state index contributed by atoms with van der Waals surface area (Å²) in [5.74, 6) is 0.169. The predicted octanol–water partition coefficient (Wildman–Crippen LogP) is 0.117. The van der Waals surface area contributed by atoms with Gasteiger partial charge in [0.25, 0.3) is 0 Å². The van der Waals surface area contributed by atoms with E-state index in [1.54, 1.807) is 0 Å². The molecular weight excluding hydrogens is 162 g/mol. The first kappa shape index (κ1) is 9.20. The zero-order chi connectivity index (χ0) is 7.49. The summed E-state index contributed by atoms with van der Waals surface area (Å²) in [6, 6.07) is 0. The van der Waals surface area contributed by atoms with E-state index in [1.807, 2.05) is 0 Å². The fourth-order valence-corrected chi connectivity index (χ4v) is 1.43. The highest BCUT2D eigenvalue weighted by Gasteiger charge is 2.10. The third kappa shape index (κ3) is 3.03. The lowest BCUT2D eigenvalue weighted by Crippen LogP contribution is -2.25. The maximum Gasteiger partial charge on any atom is 0.214 e. The second kappa shape index (κ2) is 3.39. The molecular formula is C4H10ClNO2S. The zero-order valence-electron chi connectivity index (χ0n) is 5.46. The Morgan fingerprint density at radius 1 is 1.44 bits per heavy atom. The Kier molecular flexibility index (Phi) is 3.46. The summed E-state index contributed by atoms with van der Waals surface area (Å²) in [5.41, 5.74) is 0. The Hall–Kier alpha value is 0.200. The van der Waals surface area contributed by atoms with Gasteiger partial charge in [0.05, 0.1) is 5.75 Å². The van der Waals surface area contributed by atoms with E-state index in [9.17, 15) is 8.42 Å². The highest BCUT2D eigenvalue weighted by atomic mass is 35.5. The summed E-state index contributed by atoms with van der Waals surface area (Å²) in [5, 5.41) is 0. The molecule has 5 heteroatoms. The van der Waals surface area contributed by atoms with Gasteiger partial charge in [-0.05, 0) is 0 Å². The second-order valence-electron chi connectivity index (χ2n) is 1.79. The van der Waals surface area contributed by atoms with Crippen LogP contribution >= 0.6 is 11.6 Å². The number of halogens is 1. The number of rotatable bonds is 3. The van der Waals surface area contributed by atoms with Crippen molar-refractivity contribution in [2.24, 2.45) is 0 Å². The van der Waals surface area contributed by atoms with Gasteiger partial charge in [-0.2, -0.15) is 0 Å². The van der Waals surface area contributed by atoms with E-state index in [2.05, 4.69) is 0 Å². The van der Waals surface area contributed by atoms with Crippen molar-refractivity contribution in [3.05, 3.63) is 0 Å². The van der Waals surface area contributed by atoms with Crippen LogP contribution in [0.5, 0.6) is 0 Å². The quantitative estimate of drug-likeness (QED) is 0.566. The minimum Gasteiger partial charge on any atom is -0.212 e. The van der Waals surface area contributed by atoms with Crippen molar-refractivity contribution < 1.29 is 8.42 Å². The average Bonchev–Trinajstić information content (AvgIpc) is 1.65. The molecule has 0 N–H and O–H groups in total. The Morgan fingerprint density at radius 2 is 1.89 bits per heavy atom. The molecule has 0 atom stereocenters. The lowest BCUT2D eigenvalue weighted by atomic mass is 11.0. The van der Waals surface area contributed by atoms with Crippen molar-refractivity contribution in [2.75, 3.05) is 25.7 Å². The van der Waals surface area contributed by atoms with Crippen molar-refractivity contribution in [1.29, 1.82) is 0 Å². The van der Waals surface area contributed by atoms with Crippen molar-refractivity contribution in [3.63, 3.8) is 0 Å². The fourth-order valence-electron chi connectivity index (χ4n) is 0.280. The van der Waals surface area contributed by atoms with E-state index in [1.165, 1.54) is 14.1 Å². The average molecular weight is 172 g/mol. The van der Waals surface area contributed by atoms with Gasteiger partial charge in [-0.3, -0.25) is 0 Å². The van der Waals surface area contributed by atoms with E-state index >= 15 is 0 Å². The Labute approximate surface area is 60.7 Å². The lowest BCUT2D eigenvalue weighted by molar-refractivity contribution is 0.522. The molecule has 0 aliphatic rings. The molecule has 0 aromatic carbocycles. The molecule has 0 saturated heterocycles. The van der Waals surface area contributed by atoms with E-state index in [0.717, 1.165) is 4.31 Å². The summed E-state index contributed by atoms with van der Waals surface area (Å²) in [6.45, 7) is 0. The highest BCUT2D eigenvalue weighted by Crippen LogP contribution is 1.93. The summed E-state index contributed by atoms with van der Waals surface area (Å²) in [4.78, 5) is 0. The number of nitrogens with zero attached hydrogens (tertiary/aromatic N) is 1. The molecule has 0 saturated carbocycles. The molecule has 0 unspecified atom stereocenters. The highest BCUT2D eigenvalue weighted by molar-refractivity contribution is 7.89. The van der Waals surface area contributed by atoms with E-state index in [4.69, 9.17) is 11.6 Å². The normalized spacial score (nSPS) is 12.4. The Morgan fingerprint density at radius 3 is 2.00 bits per heavy atom. The van der Waals surface area contributed by atoms with Crippen LogP contribution in [0.2, 0.25) is 0 Å². The number of alkyl halides is 1. The third-order valence-corrected chi connectivity index (χ3v) is 3.14. The molecule has 0 rings (SSSR count). The first-order valence-corrected chi connectivity index (χ1v) is 4.61. The largest absolute Gasteiger partial charge is 0.214 e. The number of hydrogen-bond donors (Lipinski definition) is 0. The van der Waals surface area contributed by atoms with Crippen LogP contribution in [0.25, 0.3) is 0 Å². The standard InChI is InChI=1S/C4H10ClNO2S/c1-6(2)9(7,8)4-3-5/h3-4H2,1-2H3. The van der Waals surface area contributed by atoms with Gasteiger partial charge < -0.3 is 0 Å². The van der Waals surface area contributed by atoms with E-state index in [0.29, 0.717) is 0 Å². The first-order chi connectivity index (χ1) is 4.00. The molecule has 0 heterocycles. The molecule has 0 spiro atoms. The van der Waals surface area contributed by atoms with Gasteiger partial charge in [0.1, 0.15) is 0 Å². The molecule has 9 heavy (non-hydrogen) atoms. The third-order valence-electron chi connectivity index (χ3n) is 0.891. The van der Waals surface area contributed by atoms with Crippen LogP contribution in [0.3, 0.4) is 0 Å². The topological polar surface area (TPSA) is 37.4 Å². The summed E-state index contributed by atoms with van der Waals surface area (Å²) < 4.78 is 22.7. The van der Waals surface area contributed by atoms with Crippen LogP contribution in [0.1, 0.15) is 0 Å². The molecule has 3 nitrogen and oxygen atoms in total. The van der Waals surface area contributed by atoms with Crippen LogP contribution in [0.4, 0.5) is 0 Å². The molecule has 0 amide bonds. The molecule has 0 aromatic rings. The Balaban J connectivity index is 4.05. The van der Waals surface area contributed by atoms with Crippen LogP contribution in [0, 0.1) is 0 Å². The minimum absolute atomic E-state index is 0.0154. The minimum atomic E-state index is -3.05. The molecule has 0 aliphatic carbocycles. The first-order valence-electron chi connectivity index (χ1n) is 2.47. The number of sulfonamides is 1. The second-order valence-corrected chi connectivity index (χ2v) is 4.47. The maximum atomic E-state index is 10.8. The fraction of sp³-hybridized carbons (Fsp3) is 1.00. The SMILES string of the molecule is CN(C)S(=O)(=O)CCCl. The van der Waals surface area contributed by atoms with Crippen molar-refractivity contribution in [2.45, 2.75) is 0 Å². The van der Waals surface area contributed by atoms with E-state index in [-0.39, 0.29) is 11.6 Å². The van der Waals surface area contributed by atoms with Gasteiger partial charge in [-0.25, -0.2) is 12.7 Å². The monoisotopic (exact) mass is 171 g/mol. The molecule has 0 aromatic heterocycles. The molecule has 0 aliphatic heterocycles. The summed E-state index contributed by atoms with van der Waals surface area (Å²) >= 11 is 5.22. The van der Waals surface area contributed by atoms with Gasteiger partial charge in [0, 0.05) is 20.0 Å². The Bertz CT molecular complexity index is 163. The van der Waals surface area contributed by atoms with Gasteiger partial charge >= 0.3 is 0 Å². The van der Waals surface area contributed by atoms with Crippen molar-refractivity contribution in [1.82, 2.24) is 4.31 Å². The van der Waals surface area contributed by atoms with Crippen LogP contribution in [0.15, 0.2) is 0 Å². The van der Waals surface area contributed by atoms with Crippen LogP contribution in [-0.4, -0.2) is 38.5 Å². The summed E-state index contributed by atoms with van der Waals surface area (Å²) in [6.07, 6.45) is 0. The lowest BCUT2D eigenvalue weighted by Gasteiger charge is -2.08. The maximum absolute atomic E-state index is 10.8. The molecule has 0 bridgehead atoms. The van der Waals surface area contributed by atoms with Crippen LogP contribution in [-0.2, 0) is 10.0 Å². The van der Waals surface area contributed by atoms with Gasteiger partial charge in [0.15, 0.2) is 0 Å². The van der Waals surface area contributed by atoms with Gasteiger partial charge in [0.2, 0.25) is 10.0 Å².